The molecular weight excluding hydrogens is 250 g/mol. The van der Waals surface area contributed by atoms with Gasteiger partial charge in [0.25, 0.3) is 0 Å². The lowest BCUT2D eigenvalue weighted by Gasteiger charge is -2.35. The number of nitrogens with two attached hydrogens (primary N) is 1. The number of hydrogen-bond donors (Lipinski definition) is 1. The van der Waals surface area contributed by atoms with Gasteiger partial charge in [-0.25, -0.2) is 0 Å². The first kappa shape index (κ1) is 12.6. The molecule has 0 spiro atoms. The third kappa shape index (κ3) is 1.91. The maximum atomic E-state index is 6.09. The van der Waals surface area contributed by atoms with E-state index in [0.29, 0.717) is 12.5 Å². The minimum atomic E-state index is -0.395. The Bertz CT molecular complexity index is 635. The summed E-state index contributed by atoms with van der Waals surface area (Å²) in [6, 6.07) is 8.24. The molecule has 1 atom stereocenters. The fraction of sp³-hybridized carbons (Fsp3) is 0.267. The summed E-state index contributed by atoms with van der Waals surface area (Å²) in [4.78, 5) is 15.0. The maximum absolute atomic E-state index is 6.09. The molecule has 0 bridgehead atoms. The second-order valence-electron chi connectivity index (χ2n) is 5.21. The molecule has 20 heavy (non-hydrogen) atoms. The molecule has 0 saturated heterocycles. The van der Waals surface area contributed by atoms with E-state index in [0.717, 1.165) is 11.4 Å². The average Bonchev–Trinajstić information content (AvgIpc) is 2.78. The Balaban J connectivity index is 2.06. The third-order valence-electron chi connectivity index (χ3n) is 3.68. The molecule has 2 heterocycles. The summed E-state index contributed by atoms with van der Waals surface area (Å²) in [5, 5.41) is 0. The molecule has 1 aliphatic heterocycles. The molecule has 0 aliphatic carbocycles. The molecule has 1 aromatic heterocycles. The van der Waals surface area contributed by atoms with Gasteiger partial charge in [0.2, 0.25) is 0 Å². The summed E-state index contributed by atoms with van der Waals surface area (Å²) in [5.74, 6) is 0.516. The second-order valence-corrected chi connectivity index (χ2v) is 5.21. The molecular formula is C15H17N5. The van der Waals surface area contributed by atoms with Gasteiger partial charge in [0.05, 0.1) is 18.4 Å². The summed E-state index contributed by atoms with van der Waals surface area (Å²) >= 11 is 0. The van der Waals surface area contributed by atoms with Crippen LogP contribution in [0, 0.1) is 6.92 Å². The van der Waals surface area contributed by atoms with Crippen LogP contribution in [0.5, 0.6) is 0 Å². The van der Waals surface area contributed by atoms with Crippen molar-refractivity contribution in [2.75, 3.05) is 11.4 Å². The van der Waals surface area contributed by atoms with E-state index >= 15 is 0 Å². The molecule has 2 N–H and O–H groups in total. The zero-order valence-electron chi connectivity index (χ0n) is 11.6. The lowest BCUT2D eigenvalue weighted by Crippen LogP contribution is -2.48. The first-order valence-corrected chi connectivity index (χ1v) is 6.54. The molecule has 5 nitrogen and oxygen atoms in total. The molecule has 3 rings (SSSR count). The van der Waals surface area contributed by atoms with Crippen molar-refractivity contribution in [3.63, 3.8) is 0 Å². The minimum absolute atomic E-state index is 0.395. The van der Waals surface area contributed by atoms with Crippen LogP contribution in [0.4, 0.5) is 5.69 Å². The van der Waals surface area contributed by atoms with Crippen LogP contribution >= 0.6 is 0 Å². The predicted molar refractivity (Wildman–Crippen MR) is 79.5 cm³/mol. The van der Waals surface area contributed by atoms with E-state index < -0.39 is 5.54 Å². The lowest BCUT2D eigenvalue weighted by atomic mass is 9.96. The Labute approximate surface area is 118 Å². The zero-order chi connectivity index (χ0) is 14.2. The number of benzene rings is 1. The van der Waals surface area contributed by atoms with Gasteiger partial charge >= 0.3 is 0 Å². The second kappa shape index (κ2) is 4.59. The zero-order valence-corrected chi connectivity index (χ0v) is 11.6. The molecule has 0 radical (unpaired) electrons. The van der Waals surface area contributed by atoms with Gasteiger partial charge in [-0.15, -0.1) is 0 Å². The van der Waals surface area contributed by atoms with Gasteiger partial charge in [-0.2, -0.15) is 0 Å². The van der Waals surface area contributed by atoms with Crippen LogP contribution in [0.3, 0.4) is 0 Å². The van der Waals surface area contributed by atoms with Gasteiger partial charge in [0.15, 0.2) is 5.96 Å². The highest BCUT2D eigenvalue weighted by molar-refractivity contribution is 5.98. The Kier molecular flexibility index (Phi) is 2.89. The normalized spacial score (nSPS) is 21.9. The van der Waals surface area contributed by atoms with Crippen LogP contribution < -0.4 is 10.6 Å². The van der Waals surface area contributed by atoms with Crippen LogP contribution in [0.1, 0.15) is 18.2 Å². The summed E-state index contributed by atoms with van der Waals surface area (Å²) in [6.07, 6.45) is 5.14. The Hall–Kier alpha value is -2.43. The number of guanidine groups is 1. The van der Waals surface area contributed by atoms with Gasteiger partial charge < -0.3 is 5.73 Å². The molecule has 1 unspecified atom stereocenters. The van der Waals surface area contributed by atoms with Crippen molar-refractivity contribution >= 4 is 11.6 Å². The Morgan fingerprint density at radius 1 is 1.20 bits per heavy atom. The van der Waals surface area contributed by atoms with Gasteiger partial charge in [-0.1, -0.05) is 17.7 Å². The molecule has 1 aromatic carbocycles. The number of aliphatic imine (C=N–C) groups is 1. The average molecular weight is 267 g/mol. The van der Waals surface area contributed by atoms with Crippen LogP contribution in [0.15, 0.2) is 47.8 Å². The van der Waals surface area contributed by atoms with Crippen molar-refractivity contribution < 1.29 is 0 Å². The van der Waals surface area contributed by atoms with E-state index in [1.54, 1.807) is 18.6 Å². The number of aryl methyl sites for hydroxylation is 1. The highest BCUT2D eigenvalue weighted by Gasteiger charge is 2.41. The van der Waals surface area contributed by atoms with E-state index in [4.69, 9.17) is 5.73 Å². The predicted octanol–water partition coefficient (Wildman–Crippen LogP) is 1.84. The van der Waals surface area contributed by atoms with Crippen LogP contribution in [-0.4, -0.2) is 22.5 Å². The first-order chi connectivity index (χ1) is 9.61. The standard InChI is InChI=1S/C15H17N5/c1-11-3-5-12(6-4-11)20-14(16)19-10-15(20,2)13-9-17-7-8-18-13/h3-9H,10H2,1-2H3,(H2,16,19). The summed E-state index contributed by atoms with van der Waals surface area (Å²) in [5.41, 5.74) is 8.79. The highest BCUT2D eigenvalue weighted by atomic mass is 15.4. The Morgan fingerprint density at radius 2 is 1.95 bits per heavy atom. The van der Waals surface area contributed by atoms with E-state index in [2.05, 4.69) is 53.1 Å². The van der Waals surface area contributed by atoms with Gasteiger partial charge in [-0.3, -0.25) is 19.9 Å². The fourth-order valence-electron chi connectivity index (χ4n) is 2.51. The molecule has 0 amide bonds. The first-order valence-electron chi connectivity index (χ1n) is 6.54. The van der Waals surface area contributed by atoms with Gasteiger partial charge in [0, 0.05) is 18.1 Å². The van der Waals surface area contributed by atoms with Gasteiger partial charge in [-0.05, 0) is 26.0 Å². The smallest absolute Gasteiger partial charge is 0.196 e. The van der Waals surface area contributed by atoms with E-state index in [-0.39, 0.29) is 0 Å². The summed E-state index contributed by atoms with van der Waals surface area (Å²) in [7, 11) is 0. The third-order valence-corrected chi connectivity index (χ3v) is 3.68. The highest BCUT2D eigenvalue weighted by Crippen LogP contribution is 2.35. The van der Waals surface area contributed by atoms with Crippen molar-refractivity contribution in [2.45, 2.75) is 19.4 Å². The monoisotopic (exact) mass is 267 g/mol. The molecule has 2 aromatic rings. The fourth-order valence-corrected chi connectivity index (χ4v) is 2.51. The van der Waals surface area contributed by atoms with Crippen LogP contribution in [0.25, 0.3) is 0 Å². The number of nitrogens with zero attached hydrogens (tertiary/aromatic N) is 4. The molecule has 1 aliphatic rings. The minimum Gasteiger partial charge on any atom is -0.369 e. The van der Waals surface area contributed by atoms with E-state index in [1.807, 2.05) is 4.90 Å². The molecule has 102 valence electrons. The largest absolute Gasteiger partial charge is 0.369 e. The van der Waals surface area contributed by atoms with Crippen LogP contribution in [-0.2, 0) is 5.54 Å². The van der Waals surface area contributed by atoms with E-state index in [9.17, 15) is 0 Å². The van der Waals surface area contributed by atoms with Crippen molar-refractivity contribution in [1.82, 2.24) is 9.97 Å². The Morgan fingerprint density at radius 3 is 2.60 bits per heavy atom. The summed E-state index contributed by atoms with van der Waals surface area (Å²) in [6.45, 7) is 4.72. The molecule has 5 heteroatoms. The van der Waals surface area contributed by atoms with Crippen molar-refractivity contribution in [1.29, 1.82) is 0 Å². The number of hydrogen-bond acceptors (Lipinski definition) is 5. The SMILES string of the molecule is Cc1ccc(N2C(N)=NCC2(C)c2cnccn2)cc1. The van der Waals surface area contributed by atoms with Crippen LogP contribution in [0.2, 0.25) is 0 Å². The number of rotatable bonds is 2. The topological polar surface area (TPSA) is 67.4 Å². The van der Waals surface area contributed by atoms with Crippen molar-refractivity contribution in [3.05, 3.63) is 54.1 Å². The van der Waals surface area contributed by atoms with E-state index in [1.165, 1.54) is 5.56 Å². The van der Waals surface area contributed by atoms with Crippen molar-refractivity contribution in [3.8, 4) is 0 Å². The quantitative estimate of drug-likeness (QED) is 0.901. The number of aromatic nitrogens is 2. The maximum Gasteiger partial charge on any atom is 0.196 e. The number of anilines is 1. The lowest BCUT2D eigenvalue weighted by molar-refractivity contribution is 0.513. The molecule has 0 fully saturated rings. The van der Waals surface area contributed by atoms with Crippen molar-refractivity contribution in [2.24, 2.45) is 10.7 Å². The van der Waals surface area contributed by atoms with Gasteiger partial charge in [0.1, 0.15) is 5.54 Å². The summed E-state index contributed by atoms with van der Waals surface area (Å²) < 4.78 is 0. The molecule has 0 saturated carbocycles.